The van der Waals surface area contributed by atoms with E-state index >= 15 is 0 Å². The number of ether oxygens (including phenoxy) is 1. The number of nitrogens with zero attached hydrogens (tertiary/aromatic N) is 4. The molecule has 2 aromatic heterocycles. The van der Waals surface area contributed by atoms with E-state index in [9.17, 15) is 0 Å². The maximum absolute atomic E-state index is 6.50. The number of anilines is 3. The molecule has 6 nitrogen and oxygen atoms in total. The van der Waals surface area contributed by atoms with Crippen molar-refractivity contribution < 1.29 is 9.68 Å². The van der Waals surface area contributed by atoms with Crippen LogP contribution in [0.3, 0.4) is 0 Å². The van der Waals surface area contributed by atoms with Gasteiger partial charge in [-0.25, -0.2) is 10.0 Å². The molecule has 0 unspecified atom stereocenters. The van der Waals surface area contributed by atoms with Crippen LogP contribution in [0.5, 0.6) is 11.5 Å². The van der Waals surface area contributed by atoms with Crippen molar-refractivity contribution in [1.82, 2.24) is 9.55 Å². The molecule has 0 aliphatic carbocycles. The Balaban J connectivity index is 1.18. The van der Waals surface area contributed by atoms with Crippen LogP contribution in [0.1, 0.15) is 13.8 Å². The summed E-state index contributed by atoms with van der Waals surface area (Å²) in [7, 11) is 0. The third-order valence-electron chi connectivity index (χ3n) is 7.99. The van der Waals surface area contributed by atoms with Gasteiger partial charge < -0.3 is 4.74 Å². The van der Waals surface area contributed by atoms with Gasteiger partial charge in [0.2, 0.25) is 0 Å². The van der Waals surface area contributed by atoms with Crippen molar-refractivity contribution >= 4 is 38.9 Å². The molecule has 3 heterocycles. The maximum Gasteiger partial charge on any atom is 0.138 e. The summed E-state index contributed by atoms with van der Waals surface area (Å²) in [4.78, 5) is 11.1. The van der Waals surface area contributed by atoms with Crippen molar-refractivity contribution in [2.24, 2.45) is 0 Å². The molecule has 0 bridgehead atoms. The van der Waals surface area contributed by atoms with Gasteiger partial charge in [-0.15, -0.1) is 4.94 Å². The molecule has 214 valence electrons. The Morgan fingerprint density at radius 2 is 1.36 bits per heavy atom. The molecule has 0 saturated heterocycles. The number of para-hydroxylation sites is 3. The van der Waals surface area contributed by atoms with E-state index in [-0.39, 0.29) is 6.04 Å². The van der Waals surface area contributed by atoms with Gasteiger partial charge in [0.05, 0.1) is 34.1 Å². The van der Waals surface area contributed by atoms with Gasteiger partial charge in [-0.05, 0) is 79.6 Å². The van der Waals surface area contributed by atoms with Gasteiger partial charge in [0, 0.05) is 29.1 Å². The first-order valence-electron chi connectivity index (χ1n) is 14.8. The smallest absolute Gasteiger partial charge is 0.138 e. The van der Waals surface area contributed by atoms with Crippen molar-refractivity contribution in [3.63, 3.8) is 0 Å². The van der Waals surface area contributed by atoms with E-state index in [4.69, 9.17) is 14.7 Å². The molecule has 0 N–H and O–H groups in total. The number of hydroxylamine groups is 1. The zero-order valence-electron chi connectivity index (χ0n) is 24.5. The van der Waals surface area contributed by atoms with Gasteiger partial charge in [-0.2, -0.15) is 5.06 Å². The van der Waals surface area contributed by atoms with Gasteiger partial charge in [-0.1, -0.05) is 66.7 Å². The quantitative estimate of drug-likeness (QED) is 0.198. The third kappa shape index (κ3) is 4.44. The molecule has 44 heavy (non-hydrogen) atoms. The van der Waals surface area contributed by atoms with Crippen LogP contribution in [0.2, 0.25) is 0 Å². The van der Waals surface area contributed by atoms with E-state index in [0.717, 1.165) is 61.9 Å². The topological polar surface area (TPSA) is 42.8 Å². The van der Waals surface area contributed by atoms with E-state index < -0.39 is 0 Å². The van der Waals surface area contributed by atoms with E-state index in [0.29, 0.717) is 0 Å². The molecule has 0 saturated carbocycles. The number of hydrogen-bond donors (Lipinski definition) is 0. The fraction of sp³-hybridized carbons (Fsp3) is 0.0789. The molecule has 7 aromatic rings. The lowest BCUT2D eigenvalue weighted by molar-refractivity contribution is 0.112. The second-order valence-electron chi connectivity index (χ2n) is 11.2. The Labute approximate surface area is 255 Å². The van der Waals surface area contributed by atoms with Crippen molar-refractivity contribution in [3.8, 4) is 28.4 Å². The van der Waals surface area contributed by atoms with Gasteiger partial charge in [0.1, 0.15) is 17.3 Å². The average molecular weight is 575 g/mol. The standard InChI is InChI=1S/C38H30N4O2/c1-26(2)41-35-17-8-9-18-36(35)42(44-41)29-13-10-14-30(24-29)43-31-19-20-33-32-15-6-7-16-34(32)40(37(33)25-31)38-23-28(21-22-39-38)27-11-4-3-5-12-27/h3-26H,1-2H3. The molecule has 0 amide bonds. The maximum atomic E-state index is 6.50. The molecular weight excluding hydrogens is 544 g/mol. The summed E-state index contributed by atoms with van der Waals surface area (Å²) in [5.41, 5.74) is 7.32. The fourth-order valence-electron chi connectivity index (χ4n) is 5.98. The van der Waals surface area contributed by atoms with Crippen LogP contribution in [0.25, 0.3) is 38.8 Å². The van der Waals surface area contributed by atoms with Crippen LogP contribution in [-0.2, 0) is 4.94 Å². The molecule has 0 atom stereocenters. The zero-order chi connectivity index (χ0) is 29.6. The average Bonchev–Trinajstić information content (AvgIpc) is 3.62. The summed E-state index contributed by atoms with van der Waals surface area (Å²) in [5.74, 6) is 2.32. The van der Waals surface area contributed by atoms with Crippen LogP contribution >= 0.6 is 0 Å². The number of aromatic nitrogens is 2. The van der Waals surface area contributed by atoms with E-state index in [1.54, 1.807) is 0 Å². The normalized spacial score (nSPS) is 12.8. The highest BCUT2D eigenvalue weighted by Crippen LogP contribution is 2.43. The summed E-state index contributed by atoms with van der Waals surface area (Å²) in [6.07, 6.45) is 1.88. The molecule has 8 rings (SSSR count). The number of benzene rings is 5. The van der Waals surface area contributed by atoms with Crippen LogP contribution in [-0.4, -0.2) is 15.6 Å². The highest BCUT2D eigenvalue weighted by Gasteiger charge is 2.30. The highest BCUT2D eigenvalue weighted by atomic mass is 16.8. The predicted molar refractivity (Wildman–Crippen MR) is 178 cm³/mol. The lowest BCUT2D eigenvalue weighted by atomic mass is 10.1. The summed E-state index contributed by atoms with van der Waals surface area (Å²) in [6.45, 7) is 4.23. The van der Waals surface area contributed by atoms with Crippen molar-refractivity contribution in [2.75, 3.05) is 10.1 Å². The van der Waals surface area contributed by atoms with Crippen LogP contribution in [0, 0.1) is 0 Å². The first-order valence-corrected chi connectivity index (χ1v) is 14.8. The molecule has 0 fully saturated rings. The largest absolute Gasteiger partial charge is 0.457 e. The SMILES string of the molecule is CC(C)N1ON(c2cccc(Oc3ccc4c5ccccc5n(-c5cc(-c6ccccc6)ccn5)c4c3)c2)c2ccccc21. The Morgan fingerprint density at radius 3 is 2.23 bits per heavy atom. The minimum absolute atomic E-state index is 0.182. The number of pyridine rings is 1. The van der Waals surface area contributed by atoms with Crippen molar-refractivity contribution in [1.29, 1.82) is 0 Å². The molecule has 0 spiro atoms. The Kier molecular flexibility index (Phi) is 6.28. The first kappa shape index (κ1) is 26.1. The van der Waals surface area contributed by atoms with Gasteiger partial charge >= 0.3 is 0 Å². The summed E-state index contributed by atoms with van der Waals surface area (Å²) >= 11 is 0. The lowest BCUT2D eigenvalue weighted by Gasteiger charge is -2.23. The van der Waals surface area contributed by atoms with Crippen molar-refractivity contribution in [2.45, 2.75) is 19.9 Å². The summed E-state index contributed by atoms with van der Waals surface area (Å²) < 4.78 is 8.72. The summed E-state index contributed by atoms with van der Waals surface area (Å²) in [6, 6.07) is 45.7. The third-order valence-corrected chi connectivity index (χ3v) is 7.99. The van der Waals surface area contributed by atoms with Crippen LogP contribution < -0.4 is 14.9 Å². The van der Waals surface area contributed by atoms with E-state index in [1.807, 2.05) is 64.9 Å². The minimum atomic E-state index is 0.182. The molecular formula is C38H30N4O2. The second kappa shape index (κ2) is 10.6. The number of hydrogen-bond acceptors (Lipinski definition) is 5. The van der Waals surface area contributed by atoms with Crippen molar-refractivity contribution in [3.05, 3.63) is 140 Å². The molecule has 6 heteroatoms. The van der Waals surface area contributed by atoms with Crippen LogP contribution in [0.15, 0.2) is 140 Å². The fourth-order valence-corrected chi connectivity index (χ4v) is 5.98. The monoisotopic (exact) mass is 574 g/mol. The van der Waals surface area contributed by atoms with Crippen LogP contribution in [0.4, 0.5) is 17.1 Å². The zero-order valence-corrected chi connectivity index (χ0v) is 24.5. The number of fused-ring (bicyclic) bond motifs is 4. The Bertz CT molecular complexity index is 2140. The van der Waals surface area contributed by atoms with Gasteiger partial charge in [-0.3, -0.25) is 4.57 Å². The second-order valence-corrected chi connectivity index (χ2v) is 11.2. The van der Waals surface area contributed by atoms with Gasteiger partial charge in [0.15, 0.2) is 0 Å². The predicted octanol–water partition coefficient (Wildman–Crippen LogP) is 9.85. The molecule has 0 radical (unpaired) electrons. The highest BCUT2D eigenvalue weighted by molar-refractivity contribution is 6.09. The molecule has 5 aromatic carbocycles. The Morgan fingerprint density at radius 1 is 0.614 bits per heavy atom. The summed E-state index contributed by atoms with van der Waals surface area (Å²) in [5, 5.41) is 6.09. The first-order chi connectivity index (χ1) is 21.6. The molecule has 1 aliphatic heterocycles. The lowest BCUT2D eigenvalue weighted by Crippen LogP contribution is -2.30. The Hall–Kier alpha value is -5.59. The van der Waals surface area contributed by atoms with E-state index in [1.165, 1.54) is 5.39 Å². The van der Waals surface area contributed by atoms with Gasteiger partial charge in [0.25, 0.3) is 0 Å². The van der Waals surface area contributed by atoms with E-state index in [2.05, 4.69) is 103 Å². The molecule has 1 aliphatic rings. The number of rotatable bonds is 6. The minimum Gasteiger partial charge on any atom is -0.457 e.